The lowest BCUT2D eigenvalue weighted by molar-refractivity contribution is -0.143. The van der Waals surface area contributed by atoms with Gasteiger partial charge in [0.05, 0.1) is 36.6 Å². The summed E-state index contributed by atoms with van der Waals surface area (Å²) in [5.41, 5.74) is -1.19. The number of morpholine rings is 1. The topological polar surface area (TPSA) is 73.8 Å². The molecular formula is C29H28ClF6IN8O. The summed E-state index contributed by atoms with van der Waals surface area (Å²) in [6.45, 7) is 2.84. The summed E-state index contributed by atoms with van der Waals surface area (Å²) in [4.78, 5) is 23.7. The lowest BCUT2D eigenvalue weighted by atomic mass is 10.0. The Morgan fingerprint density at radius 2 is 1.61 bits per heavy atom. The smallest absolute Gasteiger partial charge is 0.378 e. The molecule has 0 spiro atoms. The fourth-order valence-corrected chi connectivity index (χ4v) is 7.41. The minimum Gasteiger partial charge on any atom is -0.378 e. The van der Waals surface area contributed by atoms with E-state index in [-0.39, 0.29) is 51.2 Å². The van der Waals surface area contributed by atoms with Crippen LogP contribution in [0.5, 0.6) is 0 Å². The van der Waals surface area contributed by atoms with Crippen LogP contribution in [0.15, 0.2) is 43.0 Å². The van der Waals surface area contributed by atoms with Gasteiger partial charge in [0.1, 0.15) is 5.02 Å². The van der Waals surface area contributed by atoms with Gasteiger partial charge in [-0.25, -0.2) is 15.0 Å². The summed E-state index contributed by atoms with van der Waals surface area (Å²) in [6, 6.07) is 1.24. The molecule has 0 radical (unpaired) electrons. The number of nitrogens with zero attached hydrogens (tertiary/aromatic N) is 8. The van der Waals surface area contributed by atoms with Crippen molar-refractivity contribution >= 4 is 59.9 Å². The molecule has 0 bridgehead atoms. The molecule has 9 nitrogen and oxygen atoms in total. The Morgan fingerprint density at radius 1 is 0.935 bits per heavy atom. The third-order valence-electron chi connectivity index (χ3n) is 7.78. The second kappa shape index (κ2) is 13.1. The molecule has 2 fully saturated rings. The van der Waals surface area contributed by atoms with E-state index < -0.39 is 23.5 Å². The maximum absolute atomic E-state index is 13.7. The number of rotatable bonds is 7. The lowest BCUT2D eigenvalue weighted by Gasteiger charge is -2.30. The van der Waals surface area contributed by atoms with Gasteiger partial charge in [0, 0.05) is 69.5 Å². The third-order valence-corrected chi connectivity index (χ3v) is 10.1. The molecule has 0 N–H and O–H groups in total. The molecule has 5 heterocycles. The Balaban J connectivity index is 1.32. The number of hydrogen-bond acceptors (Lipinski definition) is 9. The van der Waals surface area contributed by atoms with E-state index in [0.29, 0.717) is 62.6 Å². The Labute approximate surface area is 275 Å². The zero-order valence-electron chi connectivity index (χ0n) is 24.4. The molecule has 1 unspecified atom stereocenters. The second-order valence-corrected chi connectivity index (χ2v) is 14.1. The number of aromatic nitrogens is 4. The van der Waals surface area contributed by atoms with Crippen LogP contribution < -0.4 is 14.7 Å². The van der Waals surface area contributed by atoms with Crippen molar-refractivity contribution < 1.29 is 31.1 Å². The van der Waals surface area contributed by atoms with Crippen molar-refractivity contribution in [2.75, 3.05) is 61.1 Å². The van der Waals surface area contributed by atoms with Crippen LogP contribution in [-0.2, 0) is 23.6 Å². The first-order chi connectivity index (χ1) is 21.8. The quantitative estimate of drug-likeness (QED) is 0.162. The average molecular weight is 781 g/mol. The number of hydrogen-bond donors (Lipinski definition) is 0. The van der Waals surface area contributed by atoms with Crippen LogP contribution in [0, 0.1) is 0 Å². The zero-order chi connectivity index (χ0) is 32.6. The normalized spacial score (nSPS) is 19.0. The van der Waals surface area contributed by atoms with Crippen molar-refractivity contribution in [3.8, 4) is 0 Å². The summed E-state index contributed by atoms with van der Waals surface area (Å²) < 4.78 is 91.9. The van der Waals surface area contributed by atoms with E-state index in [2.05, 4.69) is 22.1 Å². The zero-order valence-corrected chi connectivity index (χ0v) is 27.3. The van der Waals surface area contributed by atoms with E-state index in [1.165, 1.54) is 6.20 Å². The molecule has 1 atom stereocenters. The standard InChI is InChI=1S/C29H28ClF6IN8O/c1-42-16-19(11-37-42)20-12-38-26(39-13-20)45(15-18-8-21(28(31,32)33)10-22(9-18)29(34,35)36)23-2-3-44(17-23)25-24(30)14-40-27(41-25)43-4-6-46-7-5-43/h8-14,16,23H,2-7,15,17H2,1H3. The summed E-state index contributed by atoms with van der Waals surface area (Å²) in [6.07, 6.45) is -2.68. The Kier molecular flexibility index (Phi) is 9.31. The van der Waals surface area contributed by atoms with Crippen molar-refractivity contribution in [2.45, 2.75) is 31.4 Å². The summed E-state index contributed by atoms with van der Waals surface area (Å²) >= 11 is 6.25. The van der Waals surface area contributed by atoms with E-state index in [4.69, 9.17) is 21.3 Å². The first kappa shape index (κ1) is 32.7. The Bertz CT molecular complexity index is 1600. The lowest BCUT2D eigenvalue weighted by Crippen LogP contribution is -2.39. The number of allylic oxidation sites excluding steroid dienone is 1. The summed E-state index contributed by atoms with van der Waals surface area (Å²) in [7, 11) is 1.97. The van der Waals surface area contributed by atoms with E-state index >= 15 is 0 Å². The van der Waals surface area contributed by atoms with E-state index in [9.17, 15) is 26.3 Å². The second-order valence-electron chi connectivity index (χ2n) is 11.0. The van der Waals surface area contributed by atoms with Crippen molar-refractivity contribution in [1.29, 1.82) is 0 Å². The SMILES string of the molecule is CN1C=C(c2cnc(N(Cc3cc(C(F)(F)F)cc(C(F)(F)F)c3)C3CCN(c4nc(N5CCOCC5)ncc4Cl)C3)nc2)C=I1. The van der Waals surface area contributed by atoms with Crippen LogP contribution in [0.4, 0.5) is 44.1 Å². The highest BCUT2D eigenvalue weighted by atomic mass is 127. The van der Waals surface area contributed by atoms with Gasteiger partial charge in [0.25, 0.3) is 0 Å². The number of alkyl halides is 6. The summed E-state index contributed by atoms with van der Waals surface area (Å²) in [5.74, 6) is 1.18. The first-order valence-corrected chi connectivity index (χ1v) is 16.8. The molecule has 6 rings (SSSR count). The van der Waals surface area contributed by atoms with Gasteiger partial charge in [-0.3, -0.25) is 0 Å². The first-order valence-electron chi connectivity index (χ1n) is 14.2. The van der Waals surface area contributed by atoms with Crippen molar-refractivity contribution in [3.63, 3.8) is 0 Å². The highest BCUT2D eigenvalue weighted by molar-refractivity contribution is 14.2. The van der Waals surface area contributed by atoms with Crippen molar-refractivity contribution in [1.82, 2.24) is 23.0 Å². The molecule has 2 aromatic heterocycles. The molecular weight excluding hydrogens is 753 g/mol. The Hall–Kier alpha value is -3.25. The number of anilines is 3. The molecule has 0 amide bonds. The fourth-order valence-electron chi connectivity index (χ4n) is 5.48. The molecule has 2 saturated heterocycles. The fraction of sp³-hybridized carbons (Fsp3) is 0.414. The van der Waals surface area contributed by atoms with Crippen LogP contribution in [0.25, 0.3) is 5.57 Å². The number of halogens is 8. The van der Waals surface area contributed by atoms with Gasteiger partial charge < -0.3 is 22.5 Å². The predicted octanol–water partition coefficient (Wildman–Crippen LogP) is 6.05. The van der Waals surface area contributed by atoms with Gasteiger partial charge in [0.2, 0.25) is 11.9 Å². The molecule has 3 aromatic rings. The van der Waals surface area contributed by atoms with Crippen LogP contribution >= 0.6 is 32.6 Å². The molecule has 246 valence electrons. The van der Waals surface area contributed by atoms with Crippen molar-refractivity contribution in [2.24, 2.45) is 0 Å². The molecule has 0 saturated carbocycles. The van der Waals surface area contributed by atoms with Crippen LogP contribution in [0.3, 0.4) is 0 Å². The predicted molar refractivity (Wildman–Crippen MR) is 171 cm³/mol. The molecule has 0 aliphatic carbocycles. The Morgan fingerprint density at radius 3 is 2.22 bits per heavy atom. The average Bonchev–Trinajstić information content (AvgIpc) is 3.69. The maximum Gasteiger partial charge on any atom is 0.416 e. The highest BCUT2D eigenvalue weighted by Crippen LogP contribution is 2.38. The number of benzene rings is 1. The summed E-state index contributed by atoms with van der Waals surface area (Å²) in [5, 5.41) is 0.325. The minimum absolute atomic E-state index is 0.130. The van der Waals surface area contributed by atoms with Gasteiger partial charge >= 0.3 is 12.4 Å². The van der Waals surface area contributed by atoms with Crippen LogP contribution in [0.2, 0.25) is 5.02 Å². The maximum atomic E-state index is 13.7. The van der Waals surface area contributed by atoms with E-state index in [1.54, 1.807) is 17.3 Å². The van der Waals surface area contributed by atoms with Crippen molar-refractivity contribution in [3.05, 3.63) is 70.3 Å². The highest BCUT2D eigenvalue weighted by Gasteiger charge is 2.38. The van der Waals surface area contributed by atoms with Crippen LogP contribution in [0.1, 0.15) is 28.7 Å². The van der Waals surface area contributed by atoms with Gasteiger partial charge in [-0.1, -0.05) is 11.6 Å². The largest absolute Gasteiger partial charge is 0.416 e. The van der Waals surface area contributed by atoms with Crippen LogP contribution in [-0.4, -0.2) is 79.5 Å². The molecule has 3 aliphatic heterocycles. The molecule has 3 aliphatic rings. The van der Waals surface area contributed by atoms with Gasteiger partial charge in [-0.05, 0) is 55.2 Å². The van der Waals surface area contributed by atoms with Gasteiger partial charge in [-0.2, -0.15) is 31.3 Å². The van der Waals surface area contributed by atoms with E-state index in [0.717, 1.165) is 23.3 Å². The van der Waals surface area contributed by atoms with E-state index in [1.807, 2.05) is 23.0 Å². The monoisotopic (exact) mass is 780 g/mol. The minimum atomic E-state index is -4.97. The third kappa shape index (κ3) is 7.33. The van der Waals surface area contributed by atoms with Gasteiger partial charge in [-0.15, -0.1) is 0 Å². The molecule has 1 aromatic carbocycles. The molecule has 17 heteroatoms. The van der Waals surface area contributed by atoms with Gasteiger partial charge in [0.15, 0.2) is 5.82 Å². The molecule has 46 heavy (non-hydrogen) atoms. The number of ether oxygens (including phenoxy) is 1.